The normalized spacial score (nSPS) is 44.2. The van der Waals surface area contributed by atoms with Gasteiger partial charge in [0, 0.05) is 0 Å². The van der Waals surface area contributed by atoms with Crippen LogP contribution in [0, 0.1) is 17.8 Å². The molecule has 2 aliphatic rings. The van der Waals surface area contributed by atoms with Crippen molar-refractivity contribution in [3.63, 3.8) is 0 Å². The minimum Gasteiger partial charge on any atom is -0.390 e. The van der Waals surface area contributed by atoms with Crippen molar-refractivity contribution in [1.82, 2.24) is 0 Å². The van der Waals surface area contributed by atoms with E-state index >= 15 is 0 Å². The van der Waals surface area contributed by atoms with Crippen LogP contribution in [0.5, 0.6) is 0 Å². The number of hydrogen-bond donors (Lipinski definition) is 1. The molecule has 1 unspecified atom stereocenters. The standard InChI is InChI=1S/C18H34O2/c1-14-5-11-18(4,12-6-14)20-13-15(2)16-7-9-17(3,19)10-8-16/h14-16,19H,5-13H2,1-4H3. The molecular formula is C18H34O2. The van der Waals surface area contributed by atoms with E-state index in [2.05, 4.69) is 20.8 Å². The van der Waals surface area contributed by atoms with Gasteiger partial charge in [-0.05, 0) is 83.0 Å². The summed E-state index contributed by atoms with van der Waals surface area (Å²) in [4.78, 5) is 0. The molecule has 0 aromatic heterocycles. The Morgan fingerprint density at radius 2 is 1.60 bits per heavy atom. The molecule has 1 N–H and O–H groups in total. The summed E-state index contributed by atoms with van der Waals surface area (Å²) < 4.78 is 6.32. The highest BCUT2D eigenvalue weighted by Gasteiger charge is 2.34. The number of ether oxygens (including phenoxy) is 1. The SMILES string of the molecule is CC1CCC(C)(OCC(C)C2CCC(C)(O)CC2)CC1. The average Bonchev–Trinajstić information content (AvgIpc) is 2.40. The number of rotatable bonds is 4. The van der Waals surface area contributed by atoms with E-state index in [1.807, 2.05) is 6.92 Å². The Kier molecular flexibility index (Phi) is 5.18. The first-order chi connectivity index (χ1) is 9.30. The quantitative estimate of drug-likeness (QED) is 0.819. The number of aliphatic hydroxyl groups is 1. The first-order valence-electron chi connectivity index (χ1n) is 8.66. The lowest BCUT2D eigenvalue weighted by atomic mass is 9.75. The lowest BCUT2D eigenvalue weighted by Gasteiger charge is -2.39. The molecule has 1 atom stereocenters. The number of hydrogen-bond acceptors (Lipinski definition) is 2. The minimum absolute atomic E-state index is 0.126. The van der Waals surface area contributed by atoms with Gasteiger partial charge >= 0.3 is 0 Å². The van der Waals surface area contributed by atoms with Gasteiger partial charge in [-0.3, -0.25) is 0 Å². The molecule has 2 fully saturated rings. The summed E-state index contributed by atoms with van der Waals surface area (Å²) >= 11 is 0. The molecule has 2 heteroatoms. The van der Waals surface area contributed by atoms with Crippen molar-refractivity contribution in [3.05, 3.63) is 0 Å². The van der Waals surface area contributed by atoms with Crippen molar-refractivity contribution in [2.45, 2.75) is 90.3 Å². The highest BCUT2D eigenvalue weighted by molar-refractivity contribution is 4.85. The third-order valence-corrected chi connectivity index (χ3v) is 5.94. The van der Waals surface area contributed by atoms with E-state index in [4.69, 9.17) is 4.74 Å². The van der Waals surface area contributed by atoms with E-state index in [1.165, 1.54) is 25.7 Å². The van der Waals surface area contributed by atoms with Crippen LogP contribution in [0.3, 0.4) is 0 Å². The Balaban J connectivity index is 1.74. The molecule has 0 aromatic rings. The fourth-order valence-corrected chi connectivity index (χ4v) is 3.82. The Morgan fingerprint density at radius 1 is 1.05 bits per heavy atom. The topological polar surface area (TPSA) is 29.5 Å². The van der Waals surface area contributed by atoms with E-state index < -0.39 is 5.60 Å². The van der Waals surface area contributed by atoms with Crippen LogP contribution in [0.2, 0.25) is 0 Å². The molecule has 118 valence electrons. The summed E-state index contributed by atoms with van der Waals surface area (Å²) in [6.45, 7) is 9.87. The predicted octanol–water partition coefficient (Wildman–Crippen LogP) is 4.55. The van der Waals surface area contributed by atoms with Crippen LogP contribution in [-0.2, 0) is 4.74 Å². The molecule has 2 aliphatic carbocycles. The van der Waals surface area contributed by atoms with Crippen LogP contribution >= 0.6 is 0 Å². The van der Waals surface area contributed by atoms with E-state index in [0.717, 1.165) is 44.1 Å². The molecule has 0 saturated heterocycles. The fourth-order valence-electron chi connectivity index (χ4n) is 3.82. The molecule has 0 amide bonds. The monoisotopic (exact) mass is 282 g/mol. The molecule has 0 heterocycles. The first-order valence-corrected chi connectivity index (χ1v) is 8.66. The van der Waals surface area contributed by atoms with Crippen molar-refractivity contribution in [1.29, 1.82) is 0 Å². The zero-order valence-electron chi connectivity index (χ0n) is 14.0. The molecule has 2 rings (SSSR count). The summed E-state index contributed by atoms with van der Waals surface area (Å²) in [7, 11) is 0. The highest BCUT2D eigenvalue weighted by Crippen LogP contribution is 2.38. The van der Waals surface area contributed by atoms with Crippen molar-refractivity contribution >= 4 is 0 Å². The van der Waals surface area contributed by atoms with Crippen molar-refractivity contribution in [2.24, 2.45) is 17.8 Å². The fraction of sp³-hybridized carbons (Fsp3) is 1.00. The maximum absolute atomic E-state index is 10.0. The molecular weight excluding hydrogens is 248 g/mol. The van der Waals surface area contributed by atoms with Gasteiger partial charge < -0.3 is 9.84 Å². The van der Waals surface area contributed by atoms with Crippen molar-refractivity contribution in [3.8, 4) is 0 Å². The van der Waals surface area contributed by atoms with Crippen molar-refractivity contribution in [2.75, 3.05) is 6.61 Å². The minimum atomic E-state index is -0.414. The second-order valence-corrected chi connectivity index (χ2v) is 8.26. The van der Waals surface area contributed by atoms with E-state index in [0.29, 0.717) is 5.92 Å². The van der Waals surface area contributed by atoms with Gasteiger partial charge in [0.1, 0.15) is 0 Å². The van der Waals surface area contributed by atoms with Gasteiger partial charge in [-0.25, -0.2) is 0 Å². The summed E-state index contributed by atoms with van der Waals surface area (Å²) in [6.07, 6.45) is 9.30. The zero-order chi connectivity index (χ0) is 14.8. The van der Waals surface area contributed by atoms with Crippen LogP contribution in [0.1, 0.15) is 79.1 Å². The smallest absolute Gasteiger partial charge is 0.0654 e. The molecule has 0 spiro atoms. The van der Waals surface area contributed by atoms with Crippen LogP contribution in [0.15, 0.2) is 0 Å². The average molecular weight is 282 g/mol. The van der Waals surface area contributed by atoms with Gasteiger partial charge in [0.25, 0.3) is 0 Å². The van der Waals surface area contributed by atoms with Crippen LogP contribution in [0.25, 0.3) is 0 Å². The Morgan fingerprint density at radius 3 is 2.15 bits per heavy atom. The zero-order valence-corrected chi connectivity index (χ0v) is 14.0. The van der Waals surface area contributed by atoms with Gasteiger partial charge in [-0.15, -0.1) is 0 Å². The highest BCUT2D eigenvalue weighted by atomic mass is 16.5. The van der Waals surface area contributed by atoms with Gasteiger partial charge in [-0.1, -0.05) is 13.8 Å². The third kappa shape index (κ3) is 4.46. The van der Waals surface area contributed by atoms with Crippen LogP contribution < -0.4 is 0 Å². The molecule has 0 bridgehead atoms. The van der Waals surface area contributed by atoms with Gasteiger partial charge in [0.15, 0.2) is 0 Å². The van der Waals surface area contributed by atoms with Gasteiger partial charge in [0.05, 0.1) is 17.8 Å². The lowest BCUT2D eigenvalue weighted by Crippen LogP contribution is -2.37. The van der Waals surface area contributed by atoms with Crippen molar-refractivity contribution < 1.29 is 9.84 Å². The van der Waals surface area contributed by atoms with E-state index in [9.17, 15) is 5.11 Å². The Bertz CT molecular complexity index is 293. The van der Waals surface area contributed by atoms with Gasteiger partial charge in [-0.2, -0.15) is 0 Å². The second kappa shape index (κ2) is 6.36. The molecule has 2 nitrogen and oxygen atoms in total. The van der Waals surface area contributed by atoms with Crippen LogP contribution in [-0.4, -0.2) is 22.9 Å². The maximum Gasteiger partial charge on any atom is 0.0654 e. The summed E-state index contributed by atoms with van der Waals surface area (Å²) in [5, 5.41) is 10.0. The Hall–Kier alpha value is -0.0800. The largest absolute Gasteiger partial charge is 0.390 e. The molecule has 0 radical (unpaired) electrons. The lowest BCUT2D eigenvalue weighted by molar-refractivity contribution is -0.0870. The van der Waals surface area contributed by atoms with E-state index in [1.54, 1.807) is 0 Å². The molecule has 2 saturated carbocycles. The van der Waals surface area contributed by atoms with E-state index in [-0.39, 0.29) is 5.60 Å². The summed E-state index contributed by atoms with van der Waals surface area (Å²) in [5.74, 6) is 2.24. The third-order valence-electron chi connectivity index (χ3n) is 5.94. The molecule has 0 aromatic carbocycles. The second-order valence-electron chi connectivity index (χ2n) is 8.26. The first kappa shape index (κ1) is 16.3. The summed E-state index contributed by atoms with van der Waals surface area (Å²) in [6, 6.07) is 0. The molecule has 0 aliphatic heterocycles. The Labute approximate surface area is 125 Å². The predicted molar refractivity (Wildman–Crippen MR) is 83.7 cm³/mol. The maximum atomic E-state index is 10.0. The van der Waals surface area contributed by atoms with Crippen LogP contribution in [0.4, 0.5) is 0 Å². The van der Waals surface area contributed by atoms with Gasteiger partial charge in [0.2, 0.25) is 0 Å². The summed E-state index contributed by atoms with van der Waals surface area (Å²) in [5.41, 5.74) is -0.288. The molecule has 20 heavy (non-hydrogen) atoms.